The molecular weight excluding hydrogens is 304 g/mol. The molecule has 0 radical (unpaired) electrons. The first-order valence-corrected chi connectivity index (χ1v) is 6.60. The van der Waals surface area contributed by atoms with Gasteiger partial charge in [0.05, 0.1) is 12.4 Å². The van der Waals surface area contributed by atoms with Crippen LogP contribution in [-0.2, 0) is 7.05 Å². The van der Waals surface area contributed by atoms with Crippen LogP contribution in [0.5, 0.6) is 0 Å². The normalized spacial score (nSPS) is 10.6. The summed E-state index contributed by atoms with van der Waals surface area (Å²) in [4.78, 5) is 0. The number of halogens is 1. The molecule has 94 valence electrons. The first kappa shape index (κ1) is 12.0. The Bertz CT molecular complexity index is 689. The number of rotatable bonds is 2. The third-order valence-electron chi connectivity index (χ3n) is 2.84. The van der Waals surface area contributed by atoms with Crippen molar-refractivity contribution in [3.8, 4) is 22.4 Å². The second-order valence-corrected chi connectivity index (χ2v) is 5.12. The zero-order valence-electron chi connectivity index (χ0n) is 10.3. The van der Waals surface area contributed by atoms with Crippen LogP contribution in [0, 0.1) is 0 Å². The molecule has 5 heteroatoms. The van der Waals surface area contributed by atoms with Crippen molar-refractivity contribution < 1.29 is 0 Å². The topological polar surface area (TPSA) is 43.6 Å². The summed E-state index contributed by atoms with van der Waals surface area (Å²) >= 11 is 3.44. The summed E-state index contributed by atoms with van der Waals surface area (Å²) in [7, 11) is 1.92. The highest BCUT2D eigenvalue weighted by Crippen LogP contribution is 2.30. The van der Waals surface area contributed by atoms with Crippen LogP contribution < -0.4 is 0 Å². The Labute approximate surface area is 119 Å². The maximum absolute atomic E-state index is 4.54. The van der Waals surface area contributed by atoms with E-state index in [4.69, 9.17) is 0 Å². The highest BCUT2D eigenvalue weighted by molar-refractivity contribution is 9.10. The predicted octanol–water partition coefficient (Wildman–Crippen LogP) is 3.31. The molecule has 0 unspecified atom stereocenters. The summed E-state index contributed by atoms with van der Waals surface area (Å²) in [6, 6.07) is 10.1. The van der Waals surface area contributed by atoms with Gasteiger partial charge in [0.15, 0.2) is 0 Å². The summed E-state index contributed by atoms with van der Waals surface area (Å²) in [6.45, 7) is 0. The third kappa shape index (κ3) is 2.42. The average molecular weight is 315 g/mol. The average Bonchev–Trinajstić information content (AvgIpc) is 2.83. The van der Waals surface area contributed by atoms with Crippen molar-refractivity contribution in [2.75, 3.05) is 0 Å². The molecule has 2 heterocycles. The number of benzene rings is 1. The molecule has 0 atom stereocenters. The molecule has 0 fully saturated rings. The van der Waals surface area contributed by atoms with E-state index in [9.17, 15) is 0 Å². The quantitative estimate of drug-likeness (QED) is 0.729. The van der Waals surface area contributed by atoms with E-state index in [0.717, 1.165) is 26.9 Å². The van der Waals surface area contributed by atoms with E-state index in [1.54, 1.807) is 12.4 Å². The fourth-order valence-corrected chi connectivity index (χ4v) is 2.24. The number of hydrogen-bond acceptors (Lipinski definition) is 3. The zero-order valence-corrected chi connectivity index (χ0v) is 11.9. The van der Waals surface area contributed by atoms with Gasteiger partial charge in [-0.1, -0.05) is 28.1 Å². The summed E-state index contributed by atoms with van der Waals surface area (Å²) in [5, 5.41) is 12.3. The van der Waals surface area contributed by atoms with Gasteiger partial charge in [-0.15, -0.1) is 0 Å². The van der Waals surface area contributed by atoms with E-state index in [1.807, 2.05) is 48.3 Å². The fraction of sp³-hybridized carbons (Fsp3) is 0.0714. The second-order valence-electron chi connectivity index (χ2n) is 4.20. The summed E-state index contributed by atoms with van der Waals surface area (Å²) in [5.74, 6) is 0. The van der Waals surface area contributed by atoms with Gasteiger partial charge in [0.25, 0.3) is 0 Å². The van der Waals surface area contributed by atoms with E-state index in [2.05, 4.69) is 31.2 Å². The Balaban J connectivity index is 2.15. The molecule has 1 aromatic carbocycles. The van der Waals surface area contributed by atoms with Crippen LogP contribution in [0.3, 0.4) is 0 Å². The summed E-state index contributed by atoms with van der Waals surface area (Å²) < 4.78 is 2.87. The molecule has 4 nitrogen and oxygen atoms in total. The van der Waals surface area contributed by atoms with Gasteiger partial charge in [0.1, 0.15) is 5.69 Å². The SMILES string of the molecule is Cn1cc(-c2ccnnc2)c(-c2ccc(Br)cc2)n1. The maximum Gasteiger partial charge on any atom is 0.100 e. The van der Waals surface area contributed by atoms with Crippen molar-refractivity contribution in [2.24, 2.45) is 7.05 Å². The van der Waals surface area contributed by atoms with Crippen LogP contribution >= 0.6 is 15.9 Å². The number of nitrogens with zero attached hydrogens (tertiary/aromatic N) is 4. The van der Waals surface area contributed by atoms with E-state index in [0.29, 0.717) is 0 Å². The van der Waals surface area contributed by atoms with E-state index < -0.39 is 0 Å². The minimum atomic E-state index is 0.947. The number of hydrogen-bond donors (Lipinski definition) is 0. The van der Waals surface area contributed by atoms with Gasteiger partial charge in [0, 0.05) is 34.4 Å². The maximum atomic E-state index is 4.54. The molecule has 3 rings (SSSR count). The Morgan fingerprint density at radius 1 is 1.00 bits per heavy atom. The summed E-state index contributed by atoms with van der Waals surface area (Å²) in [6.07, 6.45) is 5.43. The Hall–Kier alpha value is -2.01. The number of aryl methyl sites for hydroxylation is 1. The van der Waals surface area contributed by atoms with Gasteiger partial charge < -0.3 is 0 Å². The molecule has 3 aromatic rings. The molecule has 0 aliphatic heterocycles. The summed E-state index contributed by atoms with van der Waals surface area (Å²) in [5.41, 5.74) is 4.10. The first-order chi connectivity index (χ1) is 9.24. The van der Waals surface area contributed by atoms with Crippen molar-refractivity contribution in [3.63, 3.8) is 0 Å². The highest BCUT2D eigenvalue weighted by atomic mass is 79.9. The second kappa shape index (κ2) is 4.93. The third-order valence-corrected chi connectivity index (χ3v) is 3.37. The Kier molecular flexibility index (Phi) is 3.13. The highest BCUT2D eigenvalue weighted by Gasteiger charge is 2.12. The molecule has 19 heavy (non-hydrogen) atoms. The van der Waals surface area contributed by atoms with Crippen LogP contribution in [0.2, 0.25) is 0 Å². The molecule has 0 bridgehead atoms. The van der Waals surface area contributed by atoms with Crippen molar-refractivity contribution >= 4 is 15.9 Å². The fourth-order valence-electron chi connectivity index (χ4n) is 1.97. The van der Waals surface area contributed by atoms with Crippen LogP contribution in [0.15, 0.2) is 53.4 Å². The molecule has 0 amide bonds. The smallest absolute Gasteiger partial charge is 0.100 e. The predicted molar refractivity (Wildman–Crippen MR) is 77.4 cm³/mol. The monoisotopic (exact) mass is 314 g/mol. The van der Waals surface area contributed by atoms with Gasteiger partial charge in [-0.05, 0) is 18.2 Å². The van der Waals surface area contributed by atoms with Crippen LogP contribution in [-0.4, -0.2) is 20.0 Å². The van der Waals surface area contributed by atoms with Gasteiger partial charge in [0.2, 0.25) is 0 Å². The van der Waals surface area contributed by atoms with Gasteiger partial charge >= 0.3 is 0 Å². The van der Waals surface area contributed by atoms with Crippen LogP contribution in [0.4, 0.5) is 0 Å². The van der Waals surface area contributed by atoms with Gasteiger partial charge in [-0.3, -0.25) is 4.68 Å². The minimum Gasteiger partial charge on any atom is -0.275 e. The molecule has 0 N–H and O–H groups in total. The van der Waals surface area contributed by atoms with E-state index in [1.165, 1.54) is 0 Å². The van der Waals surface area contributed by atoms with Crippen molar-refractivity contribution in [2.45, 2.75) is 0 Å². The molecule has 0 aliphatic rings. The lowest BCUT2D eigenvalue weighted by atomic mass is 10.0. The van der Waals surface area contributed by atoms with E-state index >= 15 is 0 Å². The molecule has 2 aromatic heterocycles. The van der Waals surface area contributed by atoms with Crippen LogP contribution in [0.25, 0.3) is 22.4 Å². The lowest BCUT2D eigenvalue weighted by molar-refractivity contribution is 0.771. The Morgan fingerprint density at radius 3 is 2.47 bits per heavy atom. The number of aromatic nitrogens is 4. The largest absolute Gasteiger partial charge is 0.275 e. The Morgan fingerprint density at radius 2 is 1.79 bits per heavy atom. The van der Waals surface area contributed by atoms with Crippen LogP contribution in [0.1, 0.15) is 0 Å². The lowest BCUT2D eigenvalue weighted by Gasteiger charge is -2.02. The lowest BCUT2D eigenvalue weighted by Crippen LogP contribution is -1.87. The zero-order chi connectivity index (χ0) is 13.2. The minimum absolute atomic E-state index is 0.947. The first-order valence-electron chi connectivity index (χ1n) is 5.81. The van der Waals surface area contributed by atoms with Gasteiger partial charge in [-0.2, -0.15) is 15.3 Å². The van der Waals surface area contributed by atoms with E-state index in [-0.39, 0.29) is 0 Å². The molecule has 0 saturated carbocycles. The van der Waals surface area contributed by atoms with Crippen molar-refractivity contribution in [1.29, 1.82) is 0 Å². The molecular formula is C14H11BrN4. The van der Waals surface area contributed by atoms with Gasteiger partial charge in [-0.25, -0.2) is 0 Å². The molecule has 0 spiro atoms. The molecule has 0 aliphatic carbocycles. The standard InChI is InChI=1S/C14H11BrN4/c1-19-9-13(11-6-7-16-17-8-11)14(18-19)10-2-4-12(15)5-3-10/h2-9H,1H3. The van der Waals surface area contributed by atoms with Crippen molar-refractivity contribution in [3.05, 3.63) is 53.4 Å². The van der Waals surface area contributed by atoms with Crippen molar-refractivity contribution in [1.82, 2.24) is 20.0 Å². The molecule has 0 saturated heterocycles.